The number of carbonyl (C=O) groups excluding carboxylic acids is 1. The monoisotopic (exact) mass is 337 g/mol. The highest BCUT2D eigenvalue weighted by Crippen LogP contribution is 2.29. The minimum Gasteiger partial charge on any atom is -0.490 e. The van der Waals surface area contributed by atoms with Crippen LogP contribution in [0.15, 0.2) is 18.2 Å². The largest absolute Gasteiger partial charge is 0.490 e. The average molecular weight is 337 g/mol. The number of unbranched alkanes of at least 4 members (excludes halogenated alkanes) is 4. The average Bonchev–Trinajstić information content (AvgIpc) is 2.61. The van der Waals surface area contributed by atoms with Crippen molar-refractivity contribution in [2.24, 2.45) is 0 Å². The van der Waals surface area contributed by atoms with E-state index < -0.39 is 0 Å². The zero-order valence-corrected chi connectivity index (χ0v) is 15.0. The maximum atomic E-state index is 12.0. The molecular weight excluding hydrogens is 306 g/mol. The Balaban J connectivity index is 2.73. The molecule has 5 heteroatoms. The van der Waals surface area contributed by atoms with Gasteiger partial charge in [-0.1, -0.05) is 39.5 Å². The third-order valence-corrected chi connectivity index (χ3v) is 3.61. The van der Waals surface area contributed by atoms with E-state index >= 15 is 0 Å². The SMILES string of the molecule is CCCCCOc1ccc(C(=O)NCCO)cc1OCCCCC. The highest BCUT2D eigenvalue weighted by molar-refractivity contribution is 5.94. The van der Waals surface area contributed by atoms with Crippen LogP contribution in [0.4, 0.5) is 0 Å². The van der Waals surface area contributed by atoms with Crippen LogP contribution in [0.2, 0.25) is 0 Å². The highest BCUT2D eigenvalue weighted by Gasteiger charge is 2.11. The number of carbonyl (C=O) groups is 1. The molecular formula is C19H31NO4. The number of amides is 1. The lowest BCUT2D eigenvalue weighted by Crippen LogP contribution is -2.26. The van der Waals surface area contributed by atoms with Crippen LogP contribution in [0, 0.1) is 0 Å². The molecule has 24 heavy (non-hydrogen) atoms. The molecule has 0 aromatic heterocycles. The first-order chi connectivity index (χ1) is 11.7. The number of benzene rings is 1. The summed E-state index contributed by atoms with van der Waals surface area (Å²) in [4.78, 5) is 12.0. The molecule has 136 valence electrons. The number of aliphatic hydroxyl groups excluding tert-OH is 1. The third kappa shape index (κ3) is 7.68. The normalized spacial score (nSPS) is 10.5. The van der Waals surface area contributed by atoms with E-state index in [1.165, 1.54) is 0 Å². The fraction of sp³-hybridized carbons (Fsp3) is 0.632. The second-order valence-electron chi connectivity index (χ2n) is 5.75. The predicted octanol–water partition coefficient (Wildman–Crippen LogP) is 3.55. The Morgan fingerprint density at radius 2 is 1.62 bits per heavy atom. The predicted molar refractivity (Wildman–Crippen MR) is 95.9 cm³/mol. The molecule has 0 aliphatic rings. The number of aliphatic hydroxyl groups is 1. The van der Waals surface area contributed by atoms with Crippen LogP contribution in [0.5, 0.6) is 11.5 Å². The molecule has 0 spiro atoms. The number of hydrogen-bond acceptors (Lipinski definition) is 4. The van der Waals surface area contributed by atoms with Gasteiger partial charge in [-0.2, -0.15) is 0 Å². The maximum Gasteiger partial charge on any atom is 0.251 e. The molecule has 0 unspecified atom stereocenters. The van der Waals surface area contributed by atoms with E-state index in [9.17, 15) is 4.79 Å². The van der Waals surface area contributed by atoms with Crippen molar-refractivity contribution in [2.75, 3.05) is 26.4 Å². The summed E-state index contributed by atoms with van der Waals surface area (Å²) in [6.45, 7) is 5.72. The second kappa shape index (κ2) is 12.6. The van der Waals surface area contributed by atoms with Crippen LogP contribution in [0.3, 0.4) is 0 Å². The van der Waals surface area contributed by atoms with Crippen LogP contribution in [0.1, 0.15) is 62.7 Å². The maximum absolute atomic E-state index is 12.0. The number of hydrogen-bond donors (Lipinski definition) is 2. The van der Waals surface area contributed by atoms with Gasteiger partial charge < -0.3 is 19.9 Å². The summed E-state index contributed by atoms with van der Waals surface area (Å²) in [5.41, 5.74) is 0.509. The molecule has 0 aliphatic carbocycles. The van der Waals surface area contributed by atoms with Gasteiger partial charge in [-0.3, -0.25) is 4.79 Å². The van der Waals surface area contributed by atoms with Crippen LogP contribution in [0.25, 0.3) is 0 Å². The molecule has 0 radical (unpaired) electrons. The zero-order chi connectivity index (χ0) is 17.6. The molecule has 1 rings (SSSR count). The van der Waals surface area contributed by atoms with E-state index in [0.29, 0.717) is 30.3 Å². The molecule has 0 aliphatic heterocycles. The van der Waals surface area contributed by atoms with Gasteiger partial charge in [0.2, 0.25) is 0 Å². The van der Waals surface area contributed by atoms with E-state index in [2.05, 4.69) is 19.2 Å². The van der Waals surface area contributed by atoms with Gasteiger partial charge >= 0.3 is 0 Å². The highest BCUT2D eigenvalue weighted by atomic mass is 16.5. The molecule has 1 aromatic rings. The smallest absolute Gasteiger partial charge is 0.251 e. The standard InChI is InChI=1S/C19H31NO4/c1-3-5-7-13-23-17-10-9-16(19(22)20-11-12-21)15-18(17)24-14-8-6-4-2/h9-10,15,21H,3-8,11-14H2,1-2H3,(H,20,22). The van der Waals surface area contributed by atoms with Gasteiger partial charge in [0.15, 0.2) is 11.5 Å². The minimum atomic E-state index is -0.222. The molecule has 0 saturated carbocycles. The Bertz CT molecular complexity index is 476. The molecule has 1 amide bonds. The summed E-state index contributed by atoms with van der Waals surface area (Å²) in [5, 5.41) is 11.5. The molecule has 1 aromatic carbocycles. The fourth-order valence-electron chi connectivity index (χ4n) is 2.22. The van der Waals surface area contributed by atoms with Gasteiger partial charge in [-0.25, -0.2) is 0 Å². The van der Waals surface area contributed by atoms with Crippen molar-refractivity contribution >= 4 is 5.91 Å². The van der Waals surface area contributed by atoms with Crippen LogP contribution < -0.4 is 14.8 Å². The number of ether oxygens (including phenoxy) is 2. The molecule has 0 atom stereocenters. The first kappa shape index (κ1) is 20.3. The van der Waals surface area contributed by atoms with Gasteiger partial charge in [-0.15, -0.1) is 0 Å². The van der Waals surface area contributed by atoms with E-state index in [4.69, 9.17) is 14.6 Å². The van der Waals surface area contributed by atoms with Crippen molar-refractivity contribution in [3.63, 3.8) is 0 Å². The lowest BCUT2D eigenvalue weighted by atomic mass is 10.2. The van der Waals surface area contributed by atoms with Crippen molar-refractivity contribution < 1.29 is 19.4 Å². The number of nitrogens with one attached hydrogen (secondary N) is 1. The number of rotatable bonds is 13. The minimum absolute atomic E-state index is 0.0786. The summed E-state index contributed by atoms with van der Waals surface area (Å²) >= 11 is 0. The first-order valence-electron chi connectivity index (χ1n) is 9.01. The summed E-state index contributed by atoms with van der Waals surface area (Å²) in [5.74, 6) is 1.07. The molecule has 2 N–H and O–H groups in total. The van der Waals surface area contributed by atoms with E-state index in [1.54, 1.807) is 18.2 Å². The lowest BCUT2D eigenvalue weighted by Gasteiger charge is -2.14. The topological polar surface area (TPSA) is 67.8 Å². The first-order valence-corrected chi connectivity index (χ1v) is 9.01. The Kier molecular flexibility index (Phi) is 10.7. The summed E-state index contributed by atoms with van der Waals surface area (Å²) in [7, 11) is 0. The van der Waals surface area contributed by atoms with E-state index in [1.807, 2.05) is 0 Å². The molecule has 0 bridgehead atoms. The molecule has 0 heterocycles. The third-order valence-electron chi connectivity index (χ3n) is 3.61. The van der Waals surface area contributed by atoms with Gasteiger partial charge in [0.1, 0.15) is 0 Å². The Morgan fingerprint density at radius 1 is 1.00 bits per heavy atom. The van der Waals surface area contributed by atoms with Crippen molar-refractivity contribution in [1.29, 1.82) is 0 Å². The summed E-state index contributed by atoms with van der Waals surface area (Å²) in [6.07, 6.45) is 6.51. The van der Waals surface area contributed by atoms with Crippen LogP contribution >= 0.6 is 0 Å². The summed E-state index contributed by atoms with van der Waals surface area (Å²) in [6, 6.07) is 5.23. The van der Waals surface area contributed by atoms with Gasteiger partial charge in [0.05, 0.1) is 19.8 Å². The Hall–Kier alpha value is -1.75. The molecule has 0 saturated heterocycles. The van der Waals surface area contributed by atoms with Crippen molar-refractivity contribution in [1.82, 2.24) is 5.32 Å². The van der Waals surface area contributed by atoms with Gasteiger partial charge in [0, 0.05) is 12.1 Å². The fourth-order valence-corrected chi connectivity index (χ4v) is 2.22. The summed E-state index contributed by atoms with van der Waals surface area (Å²) < 4.78 is 11.7. The van der Waals surface area contributed by atoms with Crippen molar-refractivity contribution in [2.45, 2.75) is 52.4 Å². The van der Waals surface area contributed by atoms with Crippen molar-refractivity contribution in [3.8, 4) is 11.5 Å². The quantitative estimate of drug-likeness (QED) is 0.540. The van der Waals surface area contributed by atoms with Crippen molar-refractivity contribution in [3.05, 3.63) is 23.8 Å². The Morgan fingerprint density at radius 3 is 2.21 bits per heavy atom. The van der Waals surface area contributed by atoms with E-state index in [0.717, 1.165) is 38.5 Å². The van der Waals surface area contributed by atoms with Crippen LogP contribution in [-0.2, 0) is 0 Å². The second-order valence-corrected chi connectivity index (χ2v) is 5.75. The van der Waals surface area contributed by atoms with Gasteiger partial charge in [0.25, 0.3) is 5.91 Å². The lowest BCUT2D eigenvalue weighted by molar-refractivity contribution is 0.0944. The Labute approximate surface area is 145 Å². The van der Waals surface area contributed by atoms with Crippen LogP contribution in [-0.4, -0.2) is 37.4 Å². The molecule has 0 fully saturated rings. The van der Waals surface area contributed by atoms with E-state index in [-0.39, 0.29) is 19.1 Å². The van der Waals surface area contributed by atoms with Gasteiger partial charge in [-0.05, 0) is 31.0 Å². The molecule has 5 nitrogen and oxygen atoms in total. The zero-order valence-electron chi connectivity index (χ0n) is 15.0.